The molecule has 0 aromatic rings. The highest BCUT2D eigenvalue weighted by Gasteiger charge is 2.50. The molecule has 156 valence electrons. The summed E-state index contributed by atoms with van der Waals surface area (Å²) in [5, 5.41) is 39.5. The number of likely N-dealkylation sites (N-methyl/N-ethyl adjacent to an activating group) is 1. The van der Waals surface area contributed by atoms with E-state index in [1.807, 2.05) is 0 Å². The highest BCUT2D eigenvalue weighted by molar-refractivity contribution is 5.80. The van der Waals surface area contributed by atoms with Crippen molar-refractivity contribution >= 4 is 11.9 Å². The van der Waals surface area contributed by atoms with Crippen LogP contribution in [0.4, 0.5) is 0 Å². The van der Waals surface area contributed by atoms with Crippen LogP contribution in [0.3, 0.4) is 0 Å². The molecule has 2 rings (SSSR count). The van der Waals surface area contributed by atoms with Crippen LogP contribution in [0.5, 0.6) is 0 Å². The van der Waals surface area contributed by atoms with Gasteiger partial charge in [0.2, 0.25) is 5.91 Å². The van der Waals surface area contributed by atoms with E-state index in [0.29, 0.717) is 11.8 Å². The average molecular weight is 387 g/mol. The molecule has 0 bridgehead atoms. The zero-order valence-corrected chi connectivity index (χ0v) is 16.5. The molecule has 8 nitrogen and oxygen atoms in total. The van der Waals surface area contributed by atoms with Gasteiger partial charge in [-0.05, 0) is 37.5 Å². The number of carboxylic acid groups (broad SMARTS) is 1. The van der Waals surface area contributed by atoms with Crippen LogP contribution in [0.25, 0.3) is 0 Å². The van der Waals surface area contributed by atoms with E-state index < -0.39 is 36.6 Å². The number of aliphatic hydroxyl groups excluding tert-OH is 3. The Hall–Kier alpha value is -1.22. The first-order valence-electron chi connectivity index (χ1n) is 9.83. The Kier molecular flexibility index (Phi) is 7.24. The number of hydrogen-bond donors (Lipinski definition) is 4. The lowest BCUT2D eigenvalue weighted by Gasteiger charge is -2.46. The summed E-state index contributed by atoms with van der Waals surface area (Å²) in [6, 6.07) is 0. The number of hydrogen-bond acceptors (Lipinski definition) is 6. The first-order chi connectivity index (χ1) is 12.6. The summed E-state index contributed by atoms with van der Waals surface area (Å²) in [6.45, 7) is 8.20. The second-order valence-corrected chi connectivity index (χ2v) is 8.31. The molecule has 1 heterocycles. The predicted molar refractivity (Wildman–Crippen MR) is 96.5 cm³/mol. The smallest absolute Gasteiger partial charge is 0.335 e. The molecule has 1 amide bonds. The molecular formula is C19H33NO7. The maximum absolute atomic E-state index is 13.3. The van der Waals surface area contributed by atoms with Gasteiger partial charge in [0.1, 0.15) is 18.3 Å². The van der Waals surface area contributed by atoms with Crippen LogP contribution in [-0.4, -0.2) is 74.4 Å². The van der Waals surface area contributed by atoms with Crippen LogP contribution in [0.2, 0.25) is 0 Å². The van der Waals surface area contributed by atoms with E-state index in [9.17, 15) is 30.0 Å². The molecule has 0 spiro atoms. The second-order valence-electron chi connectivity index (χ2n) is 8.31. The number of rotatable bonds is 5. The lowest BCUT2D eigenvalue weighted by molar-refractivity contribution is -0.258. The van der Waals surface area contributed by atoms with Crippen molar-refractivity contribution in [1.29, 1.82) is 0 Å². The molecule has 0 aromatic carbocycles. The fourth-order valence-corrected chi connectivity index (χ4v) is 4.48. The number of carbonyl (C=O) groups excluding carboxylic acids is 1. The molecular weight excluding hydrogens is 354 g/mol. The quantitative estimate of drug-likeness (QED) is 0.539. The van der Waals surface area contributed by atoms with Crippen molar-refractivity contribution in [1.82, 2.24) is 4.90 Å². The van der Waals surface area contributed by atoms with Gasteiger partial charge in [0.05, 0.1) is 0 Å². The Balaban J connectivity index is 2.27. The lowest BCUT2D eigenvalue weighted by atomic mass is 9.69. The number of ether oxygens (including phenoxy) is 1. The number of aliphatic hydroxyl groups is 3. The van der Waals surface area contributed by atoms with Gasteiger partial charge >= 0.3 is 5.97 Å². The fourth-order valence-electron chi connectivity index (χ4n) is 4.48. The van der Waals surface area contributed by atoms with Gasteiger partial charge in [0.25, 0.3) is 0 Å². The summed E-state index contributed by atoms with van der Waals surface area (Å²) in [5.74, 6) is -0.954. The molecule has 4 N–H and O–H groups in total. The molecule has 1 aliphatic heterocycles. The van der Waals surface area contributed by atoms with E-state index in [4.69, 9.17) is 4.74 Å². The monoisotopic (exact) mass is 387 g/mol. The van der Waals surface area contributed by atoms with E-state index in [0.717, 1.165) is 19.3 Å². The van der Waals surface area contributed by atoms with Gasteiger partial charge in [-0.1, -0.05) is 27.2 Å². The Bertz CT molecular complexity index is 540. The molecule has 0 radical (unpaired) electrons. The van der Waals surface area contributed by atoms with Crippen molar-refractivity contribution in [2.24, 2.45) is 23.7 Å². The maximum Gasteiger partial charge on any atom is 0.335 e. The van der Waals surface area contributed by atoms with Gasteiger partial charge < -0.3 is 30.1 Å². The minimum absolute atomic E-state index is 0.195. The SMILES string of the molecule is CCN(C(=O)C1CC(C)CCC1C(C)C)[C@@H]1O[C@H](C(=O)O)[C@@H](O)[C@H](O)[C@H]1O. The van der Waals surface area contributed by atoms with Gasteiger partial charge in [-0.3, -0.25) is 4.79 Å². The van der Waals surface area contributed by atoms with Crippen LogP contribution >= 0.6 is 0 Å². The first kappa shape index (κ1) is 22.1. The van der Waals surface area contributed by atoms with Crippen molar-refractivity contribution in [3.05, 3.63) is 0 Å². The lowest BCUT2D eigenvalue weighted by Crippen LogP contribution is -2.65. The summed E-state index contributed by atoms with van der Waals surface area (Å²) < 4.78 is 5.38. The zero-order chi connectivity index (χ0) is 20.5. The summed E-state index contributed by atoms with van der Waals surface area (Å²) in [6.07, 6.45) is -5.34. The zero-order valence-electron chi connectivity index (χ0n) is 16.5. The van der Waals surface area contributed by atoms with E-state index in [2.05, 4.69) is 20.8 Å². The van der Waals surface area contributed by atoms with Crippen molar-refractivity contribution in [2.75, 3.05) is 6.54 Å². The van der Waals surface area contributed by atoms with Crippen LogP contribution in [0.15, 0.2) is 0 Å². The molecule has 1 saturated carbocycles. The van der Waals surface area contributed by atoms with Crippen LogP contribution in [0.1, 0.15) is 47.0 Å². The molecule has 1 aliphatic carbocycles. The Morgan fingerprint density at radius 1 is 1.11 bits per heavy atom. The number of amides is 1. The number of aliphatic carboxylic acids is 1. The third kappa shape index (κ3) is 4.45. The van der Waals surface area contributed by atoms with E-state index in [-0.39, 0.29) is 24.3 Å². The van der Waals surface area contributed by atoms with Gasteiger partial charge in [0.15, 0.2) is 12.3 Å². The second kappa shape index (κ2) is 8.86. The summed E-state index contributed by atoms with van der Waals surface area (Å²) in [4.78, 5) is 26.0. The molecule has 2 fully saturated rings. The summed E-state index contributed by atoms with van der Waals surface area (Å²) in [5.41, 5.74) is 0. The topological polar surface area (TPSA) is 128 Å². The highest BCUT2D eigenvalue weighted by atomic mass is 16.6. The van der Waals surface area contributed by atoms with E-state index in [1.165, 1.54) is 4.90 Å². The van der Waals surface area contributed by atoms with Gasteiger partial charge in [-0.25, -0.2) is 4.79 Å². The first-order valence-corrected chi connectivity index (χ1v) is 9.83. The largest absolute Gasteiger partial charge is 0.479 e. The van der Waals surface area contributed by atoms with Crippen molar-refractivity contribution in [3.63, 3.8) is 0 Å². The molecule has 3 unspecified atom stereocenters. The third-order valence-corrected chi connectivity index (χ3v) is 6.10. The molecule has 0 aromatic heterocycles. The summed E-state index contributed by atoms with van der Waals surface area (Å²) in [7, 11) is 0. The van der Waals surface area contributed by atoms with Crippen LogP contribution in [-0.2, 0) is 14.3 Å². The van der Waals surface area contributed by atoms with E-state index >= 15 is 0 Å². The van der Waals surface area contributed by atoms with Crippen molar-refractivity contribution in [3.8, 4) is 0 Å². The predicted octanol–water partition coefficient (Wildman–Crippen LogP) is 0.436. The number of carbonyl (C=O) groups is 2. The highest BCUT2D eigenvalue weighted by Crippen LogP contribution is 2.39. The van der Waals surface area contributed by atoms with Crippen LogP contribution in [0, 0.1) is 23.7 Å². The molecule has 27 heavy (non-hydrogen) atoms. The Labute approximate surface area is 160 Å². The molecule has 8 atom stereocenters. The minimum Gasteiger partial charge on any atom is -0.479 e. The molecule has 1 saturated heterocycles. The average Bonchev–Trinajstić information content (AvgIpc) is 2.61. The van der Waals surface area contributed by atoms with Gasteiger partial charge in [-0.15, -0.1) is 0 Å². The van der Waals surface area contributed by atoms with Crippen LogP contribution < -0.4 is 0 Å². The fraction of sp³-hybridized carbons (Fsp3) is 0.895. The summed E-state index contributed by atoms with van der Waals surface area (Å²) >= 11 is 0. The van der Waals surface area contributed by atoms with Crippen molar-refractivity contribution < 1.29 is 34.8 Å². The Morgan fingerprint density at radius 2 is 1.74 bits per heavy atom. The molecule has 2 aliphatic rings. The number of nitrogens with zero attached hydrogens (tertiary/aromatic N) is 1. The Morgan fingerprint density at radius 3 is 2.26 bits per heavy atom. The maximum atomic E-state index is 13.3. The number of carboxylic acids is 1. The van der Waals surface area contributed by atoms with Gasteiger partial charge in [-0.2, -0.15) is 0 Å². The molecule has 8 heteroatoms. The third-order valence-electron chi connectivity index (χ3n) is 6.10. The van der Waals surface area contributed by atoms with E-state index in [1.54, 1.807) is 6.92 Å². The standard InChI is InChI=1S/C19H33NO7/c1-5-20(17(24)12-8-10(4)6-7-11(12)9(2)3)18-15(23)13(21)14(22)16(27-18)19(25)26/h9-16,18,21-23H,5-8H2,1-4H3,(H,25,26)/t10?,11?,12?,13-,14-,15+,16-,18+/m0/s1. The van der Waals surface area contributed by atoms with Gasteiger partial charge in [0, 0.05) is 12.5 Å². The normalized spacial score (nSPS) is 40.0. The van der Waals surface area contributed by atoms with Crippen molar-refractivity contribution in [2.45, 2.75) is 77.6 Å². The minimum atomic E-state index is -1.76.